The molecule has 0 radical (unpaired) electrons. The molecule has 1 heterocycles. The lowest BCUT2D eigenvalue weighted by Gasteiger charge is -2.12. The van der Waals surface area contributed by atoms with E-state index >= 15 is 0 Å². The van der Waals surface area contributed by atoms with Crippen LogP contribution < -0.4 is 11.1 Å². The predicted molar refractivity (Wildman–Crippen MR) is 59.2 cm³/mol. The molecular formula is C9H15N5O3. The zero-order valence-corrected chi connectivity index (χ0v) is 9.43. The number of aromatic nitrogens is 3. The molecule has 8 heteroatoms. The first kappa shape index (κ1) is 12.9. The van der Waals surface area contributed by atoms with Crippen molar-refractivity contribution in [2.24, 2.45) is 5.92 Å². The number of nitrogens with zero attached hydrogens (tertiary/aromatic N) is 2. The maximum Gasteiger partial charge on any atom is 0.303 e. The highest BCUT2D eigenvalue weighted by atomic mass is 16.4. The number of nitrogen functional groups attached to an aromatic ring is 1. The van der Waals surface area contributed by atoms with E-state index in [2.05, 4.69) is 20.5 Å². The molecule has 1 unspecified atom stereocenters. The Labute approximate surface area is 97.6 Å². The second-order valence-corrected chi connectivity index (χ2v) is 3.62. The van der Waals surface area contributed by atoms with Gasteiger partial charge in [-0.05, 0) is 5.92 Å². The van der Waals surface area contributed by atoms with E-state index in [1.807, 2.05) is 6.92 Å². The summed E-state index contributed by atoms with van der Waals surface area (Å²) < 4.78 is 0. The third-order valence-electron chi connectivity index (χ3n) is 2.31. The van der Waals surface area contributed by atoms with Gasteiger partial charge >= 0.3 is 5.97 Å². The van der Waals surface area contributed by atoms with Crippen LogP contribution in [0.3, 0.4) is 0 Å². The molecule has 0 bridgehead atoms. The molecule has 0 aromatic carbocycles. The summed E-state index contributed by atoms with van der Waals surface area (Å²) in [5.74, 6) is -1.41. The Bertz CT molecular complexity index is 403. The van der Waals surface area contributed by atoms with Gasteiger partial charge in [0.2, 0.25) is 11.8 Å². The number of carboxylic acids is 1. The van der Waals surface area contributed by atoms with E-state index in [0.717, 1.165) is 0 Å². The molecule has 17 heavy (non-hydrogen) atoms. The number of hydrogen-bond donors (Lipinski definition) is 4. The van der Waals surface area contributed by atoms with Crippen molar-refractivity contribution < 1.29 is 14.7 Å². The Morgan fingerprint density at radius 3 is 2.76 bits per heavy atom. The van der Waals surface area contributed by atoms with Crippen molar-refractivity contribution in [2.45, 2.75) is 19.8 Å². The van der Waals surface area contributed by atoms with Gasteiger partial charge in [0, 0.05) is 13.0 Å². The second kappa shape index (κ2) is 5.83. The molecule has 0 aliphatic rings. The lowest BCUT2D eigenvalue weighted by molar-refractivity contribution is -0.138. The van der Waals surface area contributed by atoms with Crippen molar-refractivity contribution >= 4 is 17.8 Å². The maximum absolute atomic E-state index is 11.5. The number of nitrogens with one attached hydrogen (secondary N) is 2. The summed E-state index contributed by atoms with van der Waals surface area (Å²) in [5, 5.41) is 17.1. The third kappa shape index (κ3) is 4.09. The van der Waals surface area contributed by atoms with E-state index in [9.17, 15) is 9.59 Å². The first-order valence-electron chi connectivity index (χ1n) is 5.20. The van der Waals surface area contributed by atoms with Crippen molar-refractivity contribution in [3.05, 3.63) is 5.82 Å². The van der Waals surface area contributed by atoms with Gasteiger partial charge in [-0.3, -0.25) is 14.7 Å². The van der Waals surface area contributed by atoms with Gasteiger partial charge in [0.15, 0.2) is 0 Å². The fourth-order valence-electron chi connectivity index (χ4n) is 1.30. The van der Waals surface area contributed by atoms with Crippen LogP contribution in [0.15, 0.2) is 0 Å². The summed E-state index contributed by atoms with van der Waals surface area (Å²) in [4.78, 5) is 25.7. The van der Waals surface area contributed by atoms with Crippen LogP contribution in [0, 0.1) is 5.92 Å². The number of carboxylic acid groups (broad SMARTS) is 1. The highest BCUT2D eigenvalue weighted by Crippen LogP contribution is 2.06. The molecule has 0 spiro atoms. The van der Waals surface area contributed by atoms with Gasteiger partial charge in [-0.1, -0.05) is 13.3 Å². The van der Waals surface area contributed by atoms with Crippen molar-refractivity contribution in [2.75, 3.05) is 12.3 Å². The molecule has 0 aliphatic carbocycles. The van der Waals surface area contributed by atoms with Crippen LogP contribution in [0.1, 0.15) is 30.4 Å². The van der Waals surface area contributed by atoms with Gasteiger partial charge in [-0.2, -0.15) is 4.98 Å². The van der Waals surface area contributed by atoms with Crippen molar-refractivity contribution in [3.8, 4) is 0 Å². The summed E-state index contributed by atoms with van der Waals surface area (Å²) in [7, 11) is 0. The number of carbonyl (C=O) groups excluding carboxylic acids is 1. The van der Waals surface area contributed by atoms with Crippen molar-refractivity contribution in [3.63, 3.8) is 0 Å². The monoisotopic (exact) mass is 241 g/mol. The first-order chi connectivity index (χ1) is 8.02. The van der Waals surface area contributed by atoms with E-state index in [-0.39, 0.29) is 30.7 Å². The molecule has 8 nitrogen and oxygen atoms in total. The molecule has 1 amide bonds. The van der Waals surface area contributed by atoms with E-state index in [4.69, 9.17) is 10.8 Å². The van der Waals surface area contributed by atoms with Crippen LogP contribution in [-0.2, 0) is 4.79 Å². The zero-order valence-electron chi connectivity index (χ0n) is 9.43. The average Bonchev–Trinajstić information content (AvgIpc) is 2.70. The molecule has 0 fully saturated rings. The van der Waals surface area contributed by atoms with E-state index in [1.165, 1.54) is 0 Å². The quantitative estimate of drug-likeness (QED) is 0.536. The number of aliphatic carboxylic acids is 1. The van der Waals surface area contributed by atoms with Crippen LogP contribution in [0.25, 0.3) is 0 Å². The number of carbonyl (C=O) groups is 2. The normalized spacial score (nSPS) is 12.1. The van der Waals surface area contributed by atoms with Crippen LogP contribution in [0.2, 0.25) is 0 Å². The average molecular weight is 241 g/mol. The minimum Gasteiger partial charge on any atom is -0.481 e. The maximum atomic E-state index is 11.5. The van der Waals surface area contributed by atoms with Gasteiger partial charge in [-0.15, -0.1) is 5.10 Å². The molecule has 1 rings (SSSR count). The van der Waals surface area contributed by atoms with Crippen LogP contribution >= 0.6 is 0 Å². The smallest absolute Gasteiger partial charge is 0.303 e. The van der Waals surface area contributed by atoms with Gasteiger partial charge in [0.25, 0.3) is 5.91 Å². The Morgan fingerprint density at radius 1 is 1.59 bits per heavy atom. The Morgan fingerprint density at radius 2 is 2.29 bits per heavy atom. The van der Waals surface area contributed by atoms with Gasteiger partial charge < -0.3 is 16.2 Å². The fraction of sp³-hybridized carbons (Fsp3) is 0.556. The van der Waals surface area contributed by atoms with Gasteiger partial charge in [-0.25, -0.2) is 0 Å². The number of rotatable bonds is 6. The number of anilines is 1. The number of amides is 1. The summed E-state index contributed by atoms with van der Waals surface area (Å²) in [5.41, 5.74) is 5.25. The molecule has 94 valence electrons. The molecule has 0 saturated carbocycles. The highest BCUT2D eigenvalue weighted by Gasteiger charge is 2.15. The minimum atomic E-state index is -0.880. The standard InChI is InChI=1S/C9H15N5O3/c1-2-5(3-6(15)16)4-11-8(17)7-12-9(10)14-13-7/h5H,2-4H2,1H3,(H,11,17)(H,15,16)(H3,10,12,13,14). The molecule has 1 aromatic heterocycles. The number of nitrogens with two attached hydrogens (primary N) is 1. The molecule has 0 aliphatic heterocycles. The molecule has 0 saturated heterocycles. The van der Waals surface area contributed by atoms with Gasteiger partial charge in [0.1, 0.15) is 0 Å². The summed E-state index contributed by atoms with van der Waals surface area (Å²) >= 11 is 0. The van der Waals surface area contributed by atoms with Crippen molar-refractivity contribution in [1.29, 1.82) is 0 Å². The van der Waals surface area contributed by atoms with Crippen molar-refractivity contribution in [1.82, 2.24) is 20.5 Å². The number of H-pyrrole nitrogens is 1. The Kier molecular flexibility index (Phi) is 4.44. The number of hydrogen-bond acceptors (Lipinski definition) is 5. The number of aromatic amines is 1. The van der Waals surface area contributed by atoms with Gasteiger partial charge in [0.05, 0.1) is 0 Å². The molecule has 1 aromatic rings. The molecule has 1 atom stereocenters. The lowest BCUT2D eigenvalue weighted by atomic mass is 10.0. The summed E-state index contributed by atoms with van der Waals surface area (Å²) in [6, 6.07) is 0. The second-order valence-electron chi connectivity index (χ2n) is 3.62. The summed E-state index contributed by atoms with van der Waals surface area (Å²) in [6.45, 7) is 2.15. The zero-order chi connectivity index (χ0) is 12.8. The largest absolute Gasteiger partial charge is 0.481 e. The topological polar surface area (TPSA) is 134 Å². The lowest BCUT2D eigenvalue weighted by Crippen LogP contribution is -2.30. The Balaban J connectivity index is 2.44. The van der Waals surface area contributed by atoms with Crippen LogP contribution in [-0.4, -0.2) is 38.7 Å². The Hall–Kier alpha value is -2.12. The first-order valence-corrected chi connectivity index (χ1v) is 5.20. The summed E-state index contributed by atoms with van der Waals surface area (Å²) in [6.07, 6.45) is 0.695. The highest BCUT2D eigenvalue weighted by molar-refractivity contribution is 5.90. The van der Waals surface area contributed by atoms with E-state index < -0.39 is 11.9 Å². The predicted octanol–water partition coefficient (Wildman–Crippen LogP) is -0.382. The molecular weight excluding hydrogens is 226 g/mol. The fourth-order valence-corrected chi connectivity index (χ4v) is 1.30. The van der Waals surface area contributed by atoms with Crippen LogP contribution in [0.5, 0.6) is 0 Å². The third-order valence-corrected chi connectivity index (χ3v) is 2.31. The van der Waals surface area contributed by atoms with Crippen LogP contribution in [0.4, 0.5) is 5.95 Å². The minimum absolute atomic E-state index is 0.00673. The molecule has 5 N–H and O–H groups in total. The van der Waals surface area contributed by atoms with E-state index in [0.29, 0.717) is 6.42 Å². The SMILES string of the molecule is CCC(CNC(=O)c1nc(N)n[nH]1)CC(=O)O. The van der Waals surface area contributed by atoms with E-state index in [1.54, 1.807) is 0 Å².